The van der Waals surface area contributed by atoms with E-state index in [1.807, 2.05) is 4.90 Å². The molecule has 1 amide bonds. The van der Waals surface area contributed by atoms with E-state index >= 15 is 0 Å². The summed E-state index contributed by atoms with van der Waals surface area (Å²) in [5.41, 5.74) is 0.441. The van der Waals surface area contributed by atoms with E-state index in [1.165, 1.54) is 12.1 Å². The Labute approximate surface area is 134 Å². The summed E-state index contributed by atoms with van der Waals surface area (Å²) in [7, 11) is 0. The second-order valence-corrected chi connectivity index (χ2v) is 6.14. The van der Waals surface area contributed by atoms with Crippen LogP contribution in [0.4, 0.5) is 10.1 Å². The molecule has 2 aliphatic rings. The molecule has 0 bridgehead atoms. The highest BCUT2D eigenvalue weighted by Gasteiger charge is 2.37. The molecule has 6 heteroatoms. The monoisotopic (exact) mass is 320 g/mol. The summed E-state index contributed by atoms with van der Waals surface area (Å²) in [4.78, 5) is 26.3. The van der Waals surface area contributed by atoms with Crippen LogP contribution in [0.1, 0.15) is 19.3 Å². The Balaban J connectivity index is 1.62. The molecule has 1 aliphatic heterocycles. The van der Waals surface area contributed by atoms with Gasteiger partial charge in [-0.3, -0.25) is 14.5 Å². The molecule has 23 heavy (non-hydrogen) atoms. The molecule has 0 aromatic heterocycles. The maximum atomic E-state index is 13.2. The van der Waals surface area contributed by atoms with Crippen LogP contribution < -0.4 is 5.32 Å². The number of ketones is 1. The first-order valence-corrected chi connectivity index (χ1v) is 8.03. The summed E-state index contributed by atoms with van der Waals surface area (Å²) in [6, 6.07) is 5.80. The maximum Gasteiger partial charge on any atom is 0.238 e. The molecule has 1 aromatic carbocycles. The molecule has 1 N–H and O–H groups in total. The molecule has 3 rings (SSSR count). The third-order valence-electron chi connectivity index (χ3n) is 4.55. The zero-order chi connectivity index (χ0) is 16.2. The second-order valence-electron chi connectivity index (χ2n) is 6.14. The highest BCUT2D eigenvalue weighted by Crippen LogP contribution is 2.29. The van der Waals surface area contributed by atoms with Gasteiger partial charge in [-0.2, -0.15) is 0 Å². The van der Waals surface area contributed by atoms with Crippen molar-refractivity contribution in [3.05, 3.63) is 30.1 Å². The van der Waals surface area contributed by atoms with Crippen LogP contribution in [0, 0.1) is 11.7 Å². The van der Waals surface area contributed by atoms with Crippen molar-refractivity contribution in [2.75, 3.05) is 31.6 Å². The van der Waals surface area contributed by atoms with Gasteiger partial charge in [0.1, 0.15) is 11.6 Å². The Kier molecular flexibility index (Phi) is 5.03. The minimum Gasteiger partial charge on any atom is -0.378 e. The molecule has 1 aromatic rings. The fraction of sp³-hybridized carbons (Fsp3) is 0.529. The molecule has 1 heterocycles. The van der Waals surface area contributed by atoms with E-state index in [2.05, 4.69) is 5.32 Å². The van der Waals surface area contributed by atoms with Crippen molar-refractivity contribution < 1.29 is 18.7 Å². The fourth-order valence-electron chi connectivity index (χ4n) is 3.42. The number of nitrogens with one attached hydrogen (secondary N) is 1. The van der Waals surface area contributed by atoms with Crippen molar-refractivity contribution in [2.24, 2.45) is 5.92 Å². The fourth-order valence-corrected chi connectivity index (χ4v) is 3.42. The van der Waals surface area contributed by atoms with Crippen LogP contribution in [0.25, 0.3) is 0 Å². The molecule has 1 saturated carbocycles. The summed E-state index contributed by atoms with van der Waals surface area (Å²) in [5, 5.41) is 2.71. The van der Waals surface area contributed by atoms with E-state index in [1.54, 1.807) is 12.1 Å². The summed E-state index contributed by atoms with van der Waals surface area (Å²) in [6.07, 6.45) is 2.42. The first-order chi connectivity index (χ1) is 11.1. The van der Waals surface area contributed by atoms with E-state index in [0.29, 0.717) is 31.9 Å². The van der Waals surface area contributed by atoms with Gasteiger partial charge in [-0.15, -0.1) is 0 Å². The van der Waals surface area contributed by atoms with Crippen LogP contribution >= 0.6 is 0 Å². The molecule has 0 radical (unpaired) electrons. The lowest BCUT2D eigenvalue weighted by Gasteiger charge is -2.37. The average Bonchev–Trinajstić information content (AvgIpc) is 2.94. The average molecular weight is 320 g/mol. The lowest BCUT2D eigenvalue weighted by atomic mass is 9.95. The SMILES string of the molecule is O=C(CN1CCOC[C@H]1[C@@H]1CCCC1=O)Nc1cccc(F)c1. The highest BCUT2D eigenvalue weighted by molar-refractivity contribution is 5.92. The van der Waals surface area contributed by atoms with Crippen molar-refractivity contribution in [2.45, 2.75) is 25.3 Å². The molecule has 0 spiro atoms. The van der Waals surface area contributed by atoms with Gasteiger partial charge in [0.05, 0.1) is 19.8 Å². The van der Waals surface area contributed by atoms with E-state index in [0.717, 1.165) is 12.8 Å². The van der Waals surface area contributed by atoms with Gasteiger partial charge in [-0.1, -0.05) is 6.07 Å². The molecular formula is C17H21FN2O3. The normalized spacial score (nSPS) is 25.5. The van der Waals surface area contributed by atoms with E-state index < -0.39 is 0 Å². The number of carbonyl (C=O) groups is 2. The summed E-state index contributed by atoms with van der Waals surface area (Å²) in [5.74, 6) is -0.343. The van der Waals surface area contributed by atoms with Gasteiger partial charge in [0.25, 0.3) is 0 Å². The largest absolute Gasteiger partial charge is 0.378 e. The van der Waals surface area contributed by atoms with E-state index in [-0.39, 0.29) is 36.0 Å². The number of halogens is 1. The minimum absolute atomic E-state index is 0.0303. The van der Waals surface area contributed by atoms with Gasteiger partial charge in [-0.25, -0.2) is 4.39 Å². The standard InChI is InChI=1S/C17H21FN2O3/c18-12-3-1-4-13(9-12)19-17(22)10-20-7-8-23-11-15(20)14-5-2-6-16(14)21/h1,3-4,9,14-15H,2,5-8,10-11H2,(H,19,22)/t14-,15-/m0/s1. The highest BCUT2D eigenvalue weighted by atomic mass is 19.1. The lowest BCUT2D eigenvalue weighted by Crippen LogP contribution is -2.52. The first kappa shape index (κ1) is 16.1. The number of benzene rings is 1. The Morgan fingerprint density at radius 2 is 2.30 bits per heavy atom. The van der Waals surface area contributed by atoms with Crippen LogP contribution in [0.3, 0.4) is 0 Å². The van der Waals surface area contributed by atoms with Crippen LogP contribution in [0.2, 0.25) is 0 Å². The topological polar surface area (TPSA) is 58.6 Å². The Hall–Kier alpha value is -1.79. The summed E-state index contributed by atoms with van der Waals surface area (Å²) >= 11 is 0. The number of morpholine rings is 1. The van der Waals surface area contributed by atoms with Gasteiger partial charge in [0.2, 0.25) is 5.91 Å². The lowest BCUT2D eigenvalue weighted by molar-refractivity contribution is -0.128. The summed E-state index contributed by atoms with van der Waals surface area (Å²) in [6.45, 7) is 1.87. The Bertz CT molecular complexity index is 593. The second kappa shape index (κ2) is 7.19. The minimum atomic E-state index is -0.386. The number of carbonyl (C=O) groups excluding carboxylic acids is 2. The number of ether oxygens (including phenoxy) is 1. The molecule has 1 saturated heterocycles. The van der Waals surface area contributed by atoms with Gasteiger partial charge in [-0.05, 0) is 31.0 Å². The predicted molar refractivity (Wildman–Crippen MR) is 83.6 cm³/mol. The number of amides is 1. The van der Waals surface area contributed by atoms with Crippen LogP contribution in [-0.2, 0) is 14.3 Å². The van der Waals surface area contributed by atoms with E-state index in [4.69, 9.17) is 4.74 Å². The molecule has 124 valence electrons. The van der Waals surface area contributed by atoms with Crippen molar-refractivity contribution in [3.8, 4) is 0 Å². The Morgan fingerprint density at radius 3 is 3.04 bits per heavy atom. The molecule has 0 unspecified atom stereocenters. The molecule has 2 fully saturated rings. The van der Waals surface area contributed by atoms with Gasteiger partial charge in [0.15, 0.2) is 0 Å². The summed E-state index contributed by atoms with van der Waals surface area (Å²) < 4.78 is 18.7. The van der Waals surface area contributed by atoms with Crippen molar-refractivity contribution >= 4 is 17.4 Å². The molecule has 1 aliphatic carbocycles. The van der Waals surface area contributed by atoms with Gasteiger partial charge in [0, 0.05) is 30.6 Å². The zero-order valence-corrected chi connectivity index (χ0v) is 13.0. The van der Waals surface area contributed by atoms with Crippen molar-refractivity contribution in [1.29, 1.82) is 0 Å². The molecular weight excluding hydrogens is 299 g/mol. The van der Waals surface area contributed by atoms with Gasteiger partial charge < -0.3 is 10.1 Å². The third kappa shape index (κ3) is 3.95. The Morgan fingerprint density at radius 1 is 1.43 bits per heavy atom. The number of hydrogen-bond donors (Lipinski definition) is 1. The van der Waals surface area contributed by atoms with Gasteiger partial charge >= 0.3 is 0 Å². The number of nitrogens with zero attached hydrogens (tertiary/aromatic N) is 1. The van der Waals surface area contributed by atoms with Crippen molar-refractivity contribution in [1.82, 2.24) is 4.90 Å². The van der Waals surface area contributed by atoms with Crippen LogP contribution in [0.15, 0.2) is 24.3 Å². The number of Topliss-reactive ketones (excluding diaryl/α,β-unsaturated/α-hetero) is 1. The quantitative estimate of drug-likeness (QED) is 0.919. The number of rotatable bonds is 4. The predicted octanol–water partition coefficient (Wildman–Crippen LogP) is 1.83. The van der Waals surface area contributed by atoms with E-state index in [9.17, 15) is 14.0 Å². The number of hydrogen-bond acceptors (Lipinski definition) is 4. The third-order valence-corrected chi connectivity index (χ3v) is 4.55. The molecule has 5 nitrogen and oxygen atoms in total. The number of anilines is 1. The zero-order valence-electron chi connectivity index (χ0n) is 13.0. The molecule has 2 atom stereocenters. The smallest absolute Gasteiger partial charge is 0.238 e. The van der Waals surface area contributed by atoms with Crippen LogP contribution in [-0.4, -0.2) is 48.9 Å². The first-order valence-electron chi connectivity index (χ1n) is 8.03. The maximum absolute atomic E-state index is 13.2. The van der Waals surface area contributed by atoms with Crippen molar-refractivity contribution in [3.63, 3.8) is 0 Å². The van der Waals surface area contributed by atoms with Crippen LogP contribution in [0.5, 0.6) is 0 Å².